The van der Waals surface area contributed by atoms with Gasteiger partial charge in [-0.15, -0.1) is 0 Å². The molecule has 0 radical (unpaired) electrons. The van der Waals surface area contributed by atoms with E-state index >= 15 is 0 Å². The molecule has 0 unspecified atom stereocenters. The Kier molecular flexibility index (Phi) is 5.77. The largest absolute Gasteiger partial charge is 0.465 e. The fraction of sp³-hybridized carbons (Fsp3) is 0.185. The van der Waals surface area contributed by atoms with E-state index in [1.54, 1.807) is 30.3 Å². The van der Waals surface area contributed by atoms with Crippen LogP contribution in [0.15, 0.2) is 83.4 Å². The van der Waals surface area contributed by atoms with Crippen molar-refractivity contribution in [1.29, 1.82) is 0 Å². The summed E-state index contributed by atoms with van der Waals surface area (Å²) in [7, 11) is 1.30. The maximum absolute atomic E-state index is 13.0. The Morgan fingerprint density at radius 3 is 2.58 bits per heavy atom. The third kappa shape index (κ3) is 4.07. The second-order valence-corrected chi connectivity index (χ2v) is 9.12. The van der Waals surface area contributed by atoms with Gasteiger partial charge in [0.05, 0.1) is 18.7 Å². The van der Waals surface area contributed by atoms with Crippen LogP contribution in [0.5, 0.6) is 5.75 Å². The molecule has 1 heterocycles. The summed E-state index contributed by atoms with van der Waals surface area (Å²) in [4.78, 5) is 25.0. The molecule has 1 N–H and O–H groups in total. The molecule has 166 valence electrons. The number of allylic oxidation sites excluding steroid dienone is 2. The molecule has 3 atom stereocenters. The van der Waals surface area contributed by atoms with Gasteiger partial charge in [0.25, 0.3) is 0 Å². The van der Waals surface area contributed by atoms with Crippen LogP contribution in [0.2, 0.25) is 0 Å². The standard InChI is InChI=1S/C27H22BrNO4/c1-32-27(31)21-5-2-3-8-24(21)33-26(30)17-11-14-23-22(15-17)19-6-4-7-20(19)25(29-23)16-9-12-18(28)13-10-16/h2-6,8-15,19-20,25,29H,7H2,1H3/t19-,20-,25+/m1/s1. The molecule has 33 heavy (non-hydrogen) atoms. The zero-order valence-electron chi connectivity index (χ0n) is 18.0. The van der Waals surface area contributed by atoms with Crippen molar-refractivity contribution >= 4 is 33.6 Å². The van der Waals surface area contributed by atoms with Gasteiger partial charge in [-0.2, -0.15) is 0 Å². The second kappa shape index (κ2) is 8.87. The Labute approximate surface area is 200 Å². The summed E-state index contributed by atoms with van der Waals surface area (Å²) in [6, 6.07) is 20.8. The van der Waals surface area contributed by atoms with E-state index in [-0.39, 0.29) is 23.3 Å². The summed E-state index contributed by atoms with van der Waals surface area (Å²) >= 11 is 3.51. The number of rotatable bonds is 4. The lowest BCUT2D eigenvalue weighted by Gasteiger charge is -2.37. The van der Waals surface area contributed by atoms with E-state index in [9.17, 15) is 9.59 Å². The van der Waals surface area contributed by atoms with Crippen molar-refractivity contribution < 1.29 is 19.1 Å². The predicted octanol–water partition coefficient (Wildman–Crippen LogP) is 6.28. The third-order valence-electron chi connectivity index (χ3n) is 6.32. The lowest BCUT2D eigenvalue weighted by Crippen LogP contribution is -2.29. The number of carbonyl (C=O) groups excluding carboxylic acids is 2. The van der Waals surface area contributed by atoms with Crippen molar-refractivity contribution in [3.63, 3.8) is 0 Å². The van der Waals surface area contributed by atoms with Crippen LogP contribution in [-0.4, -0.2) is 19.0 Å². The van der Waals surface area contributed by atoms with Gasteiger partial charge in [-0.05, 0) is 65.9 Å². The van der Waals surface area contributed by atoms with Crippen LogP contribution in [0, 0.1) is 5.92 Å². The van der Waals surface area contributed by atoms with Crippen LogP contribution in [0.1, 0.15) is 50.2 Å². The summed E-state index contributed by atoms with van der Waals surface area (Å²) in [5.74, 6) is -0.303. The SMILES string of the molecule is COC(=O)c1ccccc1OC(=O)c1ccc2c(c1)[C@@H]1C=CC[C@H]1[C@H](c1ccc(Br)cc1)N2. The molecule has 3 aromatic rings. The predicted molar refractivity (Wildman–Crippen MR) is 130 cm³/mol. The first-order valence-electron chi connectivity index (χ1n) is 10.8. The summed E-state index contributed by atoms with van der Waals surface area (Å²) in [5.41, 5.74) is 3.99. The number of ether oxygens (including phenoxy) is 2. The first kappa shape index (κ1) is 21.5. The maximum atomic E-state index is 13.0. The Morgan fingerprint density at radius 1 is 1.00 bits per heavy atom. The molecule has 0 saturated heterocycles. The summed E-state index contributed by atoms with van der Waals surface area (Å²) < 4.78 is 11.4. The molecule has 1 aliphatic heterocycles. The van der Waals surface area contributed by atoms with Gasteiger partial charge < -0.3 is 14.8 Å². The van der Waals surface area contributed by atoms with Crippen LogP contribution in [-0.2, 0) is 4.74 Å². The van der Waals surface area contributed by atoms with Crippen LogP contribution in [0.4, 0.5) is 5.69 Å². The fourth-order valence-corrected chi connectivity index (χ4v) is 4.98. The monoisotopic (exact) mass is 503 g/mol. The number of benzene rings is 3. The minimum absolute atomic E-state index is 0.180. The highest BCUT2D eigenvalue weighted by atomic mass is 79.9. The minimum atomic E-state index is -0.550. The molecule has 0 bridgehead atoms. The highest BCUT2D eigenvalue weighted by Crippen LogP contribution is 2.50. The average molecular weight is 504 g/mol. The number of methoxy groups -OCH3 is 1. The van der Waals surface area contributed by atoms with Gasteiger partial charge >= 0.3 is 11.9 Å². The zero-order valence-corrected chi connectivity index (χ0v) is 19.5. The molecular formula is C27H22BrNO4. The van der Waals surface area contributed by atoms with Crippen LogP contribution in [0.25, 0.3) is 0 Å². The first-order valence-corrected chi connectivity index (χ1v) is 11.6. The van der Waals surface area contributed by atoms with Crippen molar-refractivity contribution in [3.05, 3.63) is 106 Å². The number of carbonyl (C=O) groups is 2. The molecule has 0 fully saturated rings. The van der Waals surface area contributed by atoms with Crippen molar-refractivity contribution in [2.45, 2.75) is 18.4 Å². The number of esters is 2. The van der Waals surface area contributed by atoms with Crippen molar-refractivity contribution in [2.75, 3.05) is 12.4 Å². The van der Waals surface area contributed by atoms with E-state index in [4.69, 9.17) is 9.47 Å². The number of anilines is 1. The van der Waals surface area contributed by atoms with Gasteiger partial charge in [0.2, 0.25) is 0 Å². The van der Waals surface area contributed by atoms with Gasteiger partial charge in [0.1, 0.15) is 11.3 Å². The van der Waals surface area contributed by atoms with Crippen molar-refractivity contribution in [3.8, 4) is 5.75 Å². The van der Waals surface area contributed by atoms with E-state index in [0.717, 1.165) is 22.1 Å². The topological polar surface area (TPSA) is 64.6 Å². The normalized spacial score (nSPS) is 20.4. The summed E-state index contributed by atoms with van der Waals surface area (Å²) in [6.07, 6.45) is 5.42. The number of halogens is 1. The molecule has 0 saturated carbocycles. The Balaban J connectivity index is 1.43. The van der Waals surface area contributed by atoms with Gasteiger partial charge in [0, 0.05) is 16.1 Å². The van der Waals surface area contributed by atoms with Crippen LogP contribution in [0.3, 0.4) is 0 Å². The van der Waals surface area contributed by atoms with E-state index in [0.29, 0.717) is 11.5 Å². The third-order valence-corrected chi connectivity index (χ3v) is 6.85. The van der Waals surface area contributed by atoms with Gasteiger partial charge in [-0.25, -0.2) is 9.59 Å². The molecule has 0 spiro atoms. The van der Waals surface area contributed by atoms with E-state index in [2.05, 4.69) is 57.7 Å². The molecule has 0 amide bonds. The van der Waals surface area contributed by atoms with Gasteiger partial charge in [-0.1, -0.05) is 52.3 Å². The summed E-state index contributed by atoms with van der Waals surface area (Å²) in [5, 5.41) is 3.68. The molecule has 5 nitrogen and oxygen atoms in total. The Hall–Kier alpha value is -3.38. The lowest BCUT2D eigenvalue weighted by atomic mass is 9.76. The van der Waals surface area contributed by atoms with Crippen LogP contribution < -0.4 is 10.1 Å². The van der Waals surface area contributed by atoms with Crippen molar-refractivity contribution in [2.24, 2.45) is 5.92 Å². The minimum Gasteiger partial charge on any atom is -0.465 e. The number of fused-ring (bicyclic) bond motifs is 3. The van der Waals surface area contributed by atoms with E-state index in [1.165, 1.54) is 12.7 Å². The van der Waals surface area contributed by atoms with Crippen LogP contribution >= 0.6 is 15.9 Å². The van der Waals surface area contributed by atoms with E-state index < -0.39 is 11.9 Å². The lowest BCUT2D eigenvalue weighted by molar-refractivity contribution is 0.0593. The molecule has 0 aromatic heterocycles. The average Bonchev–Trinajstić information content (AvgIpc) is 3.34. The quantitative estimate of drug-likeness (QED) is 0.257. The summed E-state index contributed by atoms with van der Waals surface area (Å²) in [6.45, 7) is 0. The maximum Gasteiger partial charge on any atom is 0.343 e. The first-order chi connectivity index (χ1) is 16.0. The number of para-hydroxylation sites is 1. The number of hydrogen-bond acceptors (Lipinski definition) is 5. The number of nitrogens with one attached hydrogen (secondary N) is 1. The Bertz CT molecular complexity index is 1250. The molecular weight excluding hydrogens is 482 g/mol. The fourth-order valence-electron chi connectivity index (χ4n) is 4.71. The molecule has 5 rings (SSSR count). The van der Waals surface area contributed by atoms with Gasteiger partial charge in [-0.3, -0.25) is 0 Å². The number of hydrogen-bond donors (Lipinski definition) is 1. The van der Waals surface area contributed by atoms with Crippen molar-refractivity contribution in [1.82, 2.24) is 0 Å². The molecule has 2 aliphatic rings. The highest BCUT2D eigenvalue weighted by molar-refractivity contribution is 9.10. The Morgan fingerprint density at radius 2 is 1.79 bits per heavy atom. The van der Waals surface area contributed by atoms with Gasteiger partial charge in [0.15, 0.2) is 0 Å². The zero-order chi connectivity index (χ0) is 22.9. The smallest absolute Gasteiger partial charge is 0.343 e. The molecule has 1 aliphatic carbocycles. The second-order valence-electron chi connectivity index (χ2n) is 8.21. The highest BCUT2D eigenvalue weighted by Gasteiger charge is 2.38. The van der Waals surface area contributed by atoms with E-state index in [1.807, 2.05) is 12.1 Å². The molecule has 3 aromatic carbocycles. The molecule has 6 heteroatoms.